The van der Waals surface area contributed by atoms with Gasteiger partial charge in [0.05, 0.1) is 11.6 Å². The Balaban J connectivity index is 1.54. The highest BCUT2D eigenvalue weighted by Crippen LogP contribution is 2.39. The Labute approximate surface area is 324 Å². The number of hydrogen-bond acceptors (Lipinski definition) is 5. The number of ether oxygens (including phenoxy) is 1. The fraction of sp³-hybridized carbons (Fsp3) is 0.370. The molecule has 0 radical (unpaired) electrons. The molecule has 0 bridgehead atoms. The number of alkyl halides is 4. The molecule has 1 aliphatic carbocycles. The Morgan fingerprint density at radius 2 is 1.66 bits per heavy atom. The molecule has 0 aliphatic heterocycles. The van der Waals surface area contributed by atoms with Gasteiger partial charge in [-0.2, -0.15) is 8.78 Å². The molecule has 4 aromatic carbocycles. The van der Waals surface area contributed by atoms with Gasteiger partial charge in [0, 0.05) is 57.4 Å². The highest BCUT2D eigenvalue weighted by molar-refractivity contribution is 6.27. The number of nitrogens with zero attached hydrogens (tertiary/aromatic N) is 2. The van der Waals surface area contributed by atoms with Crippen molar-refractivity contribution in [3.63, 3.8) is 0 Å². The first-order chi connectivity index (χ1) is 26.7. The molecule has 0 saturated carbocycles. The van der Waals surface area contributed by atoms with E-state index in [1.54, 1.807) is 12.2 Å². The smallest absolute Gasteiger partial charge is 0.332 e. The predicted molar refractivity (Wildman–Crippen MR) is 215 cm³/mol. The van der Waals surface area contributed by atoms with Gasteiger partial charge in [-0.25, -0.2) is 13.6 Å². The van der Waals surface area contributed by atoms with E-state index < -0.39 is 31.0 Å². The van der Waals surface area contributed by atoms with Crippen molar-refractivity contribution in [1.82, 2.24) is 4.57 Å². The molecule has 0 saturated heterocycles. The molecule has 1 aromatic heterocycles. The average Bonchev–Trinajstić information content (AvgIpc) is 3.47. The topological polar surface area (TPSA) is 69.9 Å². The first kappa shape index (κ1) is 40.6. The van der Waals surface area contributed by atoms with Crippen LogP contribution in [0.3, 0.4) is 0 Å². The maximum absolute atomic E-state index is 14.7. The fourth-order valence-corrected chi connectivity index (χ4v) is 7.90. The van der Waals surface area contributed by atoms with E-state index in [1.807, 2.05) is 75.4 Å². The van der Waals surface area contributed by atoms with Gasteiger partial charge in [0.15, 0.2) is 5.78 Å². The van der Waals surface area contributed by atoms with Crippen molar-refractivity contribution in [3.05, 3.63) is 118 Å². The monoisotopic (exact) mass is 768 g/mol. The molecule has 294 valence electrons. The first-order valence-electron chi connectivity index (χ1n) is 19.3. The third kappa shape index (κ3) is 8.36. The van der Waals surface area contributed by atoms with Gasteiger partial charge in [-0.05, 0) is 74.2 Å². The quantitative estimate of drug-likeness (QED) is 0.0350. The van der Waals surface area contributed by atoms with Crippen LogP contribution in [0.25, 0.3) is 32.6 Å². The zero-order chi connectivity index (χ0) is 40.3. The minimum Gasteiger partial charge on any atom is -0.367 e. The third-order valence-electron chi connectivity index (χ3n) is 10.7. The Morgan fingerprint density at radius 3 is 2.29 bits per heavy atom. The number of halogens is 4. The van der Waals surface area contributed by atoms with Crippen molar-refractivity contribution in [2.45, 2.75) is 98.6 Å². The van der Waals surface area contributed by atoms with Gasteiger partial charge in [0.25, 0.3) is 0 Å². The van der Waals surface area contributed by atoms with E-state index in [1.165, 1.54) is 13.0 Å². The molecule has 2 atom stereocenters. The summed E-state index contributed by atoms with van der Waals surface area (Å²) in [5.74, 6) is -4.54. The number of unbranched alkanes of at least 4 members (excludes halogenated alkanes) is 1. The Morgan fingerprint density at radius 1 is 0.946 bits per heavy atom. The van der Waals surface area contributed by atoms with Crippen molar-refractivity contribution in [3.8, 4) is 0 Å². The summed E-state index contributed by atoms with van der Waals surface area (Å²) >= 11 is 0. The number of rotatable bonds is 15. The molecule has 0 amide bonds. The van der Waals surface area contributed by atoms with Crippen molar-refractivity contribution in [1.29, 1.82) is 0 Å². The van der Waals surface area contributed by atoms with Crippen LogP contribution in [0.1, 0.15) is 91.1 Å². The molecule has 10 heteroatoms. The van der Waals surface area contributed by atoms with Crippen LogP contribution in [-0.2, 0) is 20.9 Å². The Kier molecular flexibility index (Phi) is 12.3. The van der Waals surface area contributed by atoms with Gasteiger partial charge >= 0.3 is 18.3 Å². The summed E-state index contributed by atoms with van der Waals surface area (Å²) in [7, 11) is 0. The highest BCUT2D eigenvalue weighted by atomic mass is 19.3. The van der Waals surface area contributed by atoms with Gasteiger partial charge in [0.1, 0.15) is 12.3 Å². The van der Waals surface area contributed by atoms with Crippen LogP contribution < -0.4 is 0 Å². The van der Waals surface area contributed by atoms with Crippen molar-refractivity contribution in [2.24, 2.45) is 11.1 Å². The first-order valence-corrected chi connectivity index (χ1v) is 19.3. The molecule has 1 aliphatic rings. The highest BCUT2D eigenvalue weighted by Gasteiger charge is 2.41. The zero-order valence-corrected chi connectivity index (χ0v) is 32.7. The second-order valence-corrected chi connectivity index (χ2v) is 14.9. The Hall–Kier alpha value is -5.09. The van der Waals surface area contributed by atoms with Crippen LogP contribution in [0.15, 0.2) is 89.6 Å². The third-order valence-corrected chi connectivity index (χ3v) is 10.7. The number of allylic oxidation sites excluding steroid dienone is 2. The van der Waals surface area contributed by atoms with Crippen molar-refractivity contribution >= 4 is 50.0 Å². The minimum absolute atomic E-state index is 0.0535. The van der Waals surface area contributed by atoms with Crippen LogP contribution in [0.4, 0.5) is 17.6 Å². The molecule has 56 heavy (non-hydrogen) atoms. The minimum atomic E-state index is -4.27. The standard InChI is InChI=1S/C46H48F4N2O4/c1-7-9-12-31(8-2)25-52-40-20-17-33(42(51-56-30(6)53)32-15-18-34(19-16-32)55-26-46(49,50)45(47)48)23-37(40)38-24-39(35-13-10-11-14-36(35)43(38)52)44(54)41-28(4)21-27(3)22-29(41)5/h10-11,13-18,20-24,31,34,45H,7-9,12,19,25-26H2,1-6H3/b51-42-. The van der Waals surface area contributed by atoms with E-state index in [9.17, 15) is 27.2 Å². The van der Waals surface area contributed by atoms with Gasteiger partial charge < -0.3 is 14.1 Å². The van der Waals surface area contributed by atoms with Gasteiger partial charge in [-0.3, -0.25) is 4.79 Å². The SMILES string of the molecule is CCCCC(CC)Cn1c2ccc(/C(=N\OC(C)=O)C3=CCC(OCC(F)(F)C(F)F)C=C3)cc2c2cc(C(=O)c3c(C)cc(C)cc3C)c3ccccc3c21. The molecule has 6 nitrogen and oxygen atoms in total. The maximum atomic E-state index is 14.7. The van der Waals surface area contributed by atoms with E-state index >= 15 is 0 Å². The number of carbonyl (C=O) groups excluding carboxylic acids is 2. The molecular formula is C46H48F4N2O4. The number of carbonyl (C=O) groups is 2. The number of aryl methyl sites for hydroxylation is 3. The number of aromatic nitrogens is 1. The summed E-state index contributed by atoms with van der Waals surface area (Å²) in [6.45, 7) is 11.0. The van der Waals surface area contributed by atoms with Gasteiger partial charge in [-0.15, -0.1) is 0 Å². The maximum Gasteiger partial charge on any atom is 0.332 e. The van der Waals surface area contributed by atoms with Crippen LogP contribution >= 0.6 is 0 Å². The molecular weight excluding hydrogens is 721 g/mol. The summed E-state index contributed by atoms with van der Waals surface area (Å²) in [5, 5.41) is 7.84. The number of benzene rings is 4. The largest absolute Gasteiger partial charge is 0.367 e. The lowest BCUT2D eigenvalue weighted by atomic mass is 9.89. The van der Waals surface area contributed by atoms with Gasteiger partial charge in [0.2, 0.25) is 0 Å². The summed E-state index contributed by atoms with van der Waals surface area (Å²) in [5.41, 5.74) is 7.66. The van der Waals surface area contributed by atoms with Crippen molar-refractivity contribution in [2.75, 3.05) is 6.61 Å². The van der Waals surface area contributed by atoms with E-state index in [-0.39, 0.29) is 12.2 Å². The normalized spacial score (nSPS) is 15.6. The van der Waals surface area contributed by atoms with Crippen LogP contribution in [0, 0.1) is 26.7 Å². The lowest BCUT2D eigenvalue weighted by molar-refractivity contribution is -0.171. The summed E-state index contributed by atoms with van der Waals surface area (Å²) < 4.78 is 60.1. The molecule has 5 aromatic rings. The van der Waals surface area contributed by atoms with E-state index in [0.717, 1.165) is 81.5 Å². The zero-order valence-electron chi connectivity index (χ0n) is 32.7. The summed E-state index contributed by atoms with van der Waals surface area (Å²) in [4.78, 5) is 31.8. The van der Waals surface area contributed by atoms with E-state index in [4.69, 9.17) is 9.57 Å². The number of oxime groups is 1. The number of hydrogen-bond donors (Lipinski definition) is 0. The predicted octanol–water partition coefficient (Wildman–Crippen LogP) is 11.8. The number of ketones is 1. The average molecular weight is 769 g/mol. The lowest BCUT2D eigenvalue weighted by Gasteiger charge is -2.21. The Bertz CT molecular complexity index is 2370. The fourth-order valence-electron chi connectivity index (χ4n) is 7.90. The van der Waals surface area contributed by atoms with E-state index in [0.29, 0.717) is 33.9 Å². The summed E-state index contributed by atoms with van der Waals surface area (Å²) in [6.07, 6.45) is 4.51. The molecule has 1 heterocycles. The molecule has 0 fully saturated rings. The second kappa shape index (κ2) is 17.0. The lowest BCUT2D eigenvalue weighted by Crippen LogP contribution is -2.34. The van der Waals surface area contributed by atoms with Gasteiger partial charge in [-0.1, -0.05) is 105 Å². The second-order valence-electron chi connectivity index (χ2n) is 14.9. The number of fused-ring (bicyclic) bond motifs is 5. The van der Waals surface area contributed by atoms with Crippen molar-refractivity contribution < 1.29 is 36.7 Å². The van der Waals surface area contributed by atoms with Crippen LogP contribution in [0.5, 0.6) is 0 Å². The molecule has 0 spiro atoms. The summed E-state index contributed by atoms with van der Waals surface area (Å²) in [6, 6.07) is 20.0. The molecule has 6 rings (SSSR count). The molecule has 2 unspecified atom stereocenters. The molecule has 0 N–H and O–H groups in total. The van der Waals surface area contributed by atoms with Crippen LogP contribution in [-0.4, -0.2) is 47.1 Å². The van der Waals surface area contributed by atoms with E-state index in [2.05, 4.69) is 29.6 Å². The van der Waals surface area contributed by atoms with Crippen LogP contribution in [0.2, 0.25) is 0 Å².